The third-order valence-electron chi connectivity index (χ3n) is 3.90. The highest BCUT2D eigenvalue weighted by molar-refractivity contribution is 7.17. The van der Waals surface area contributed by atoms with E-state index in [-0.39, 0.29) is 11.4 Å². The van der Waals surface area contributed by atoms with Gasteiger partial charge in [0.25, 0.3) is 0 Å². The maximum Gasteiger partial charge on any atom is 0.335 e. The molecule has 4 aromatic rings. The first kappa shape index (κ1) is 16.2. The molecule has 0 saturated carbocycles. The Morgan fingerprint density at radius 1 is 1.12 bits per heavy atom. The molecule has 2 heterocycles. The fraction of sp³-hybridized carbons (Fsp3) is 0. The molecule has 0 unspecified atom stereocenters. The Bertz CT molecular complexity index is 1110. The average molecular weight is 365 g/mol. The molecule has 2 aromatic heterocycles. The molecule has 0 fully saturated rings. The summed E-state index contributed by atoms with van der Waals surface area (Å²) >= 11 is 1.47. The molecule has 0 saturated heterocycles. The molecule has 0 aliphatic carbocycles. The molecule has 7 heteroatoms. The van der Waals surface area contributed by atoms with Crippen LogP contribution >= 0.6 is 11.3 Å². The SMILES string of the molecule is O=C(O)c1cccc(Nc2ncnc3scc(-c4ccc(F)cc4)c23)c1. The molecule has 4 rings (SSSR count). The second-order valence-corrected chi connectivity index (χ2v) is 6.43. The first-order chi connectivity index (χ1) is 12.6. The van der Waals surface area contributed by atoms with Gasteiger partial charge in [-0.15, -0.1) is 11.3 Å². The van der Waals surface area contributed by atoms with Crippen LogP contribution in [0.4, 0.5) is 15.9 Å². The summed E-state index contributed by atoms with van der Waals surface area (Å²) in [5.41, 5.74) is 2.54. The zero-order valence-electron chi connectivity index (χ0n) is 13.3. The summed E-state index contributed by atoms with van der Waals surface area (Å²) in [5.74, 6) is -0.726. The number of halogens is 1. The second-order valence-electron chi connectivity index (χ2n) is 5.57. The third-order valence-corrected chi connectivity index (χ3v) is 4.78. The van der Waals surface area contributed by atoms with Crippen LogP contribution < -0.4 is 5.32 Å². The zero-order chi connectivity index (χ0) is 18.1. The van der Waals surface area contributed by atoms with E-state index in [2.05, 4.69) is 15.3 Å². The van der Waals surface area contributed by atoms with Gasteiger partial charge >= 0.3 is 5.97 Å². The Labute approximate surface area is 151 Å². The van der Waals surface area contributed by atoms with Gasteiger partial charge < -0.3 is 10.4 Å². The molecule has 128 valence electrons. The largest absolute Gasteiger partial charge is 0.478 e. The van der Waals surface area contributed by atoms with Crippen molar-refractivity contribution in [2.24, 2.45) is 0 Å². The smallest absolute Gasteiger partial charge is 0.335 e. The number of carboxylic acids is 1. The molecule has 2 aromatic carbocycles. The lowest BCUT2D eigenvalue weighted by molar-refractivity contribution is 0.0697. The molecule has 0 amide bonds. The van der Waals surface area contributed by atoms with Crippen molar-refractivity contribution in [1.29, 1.82) is 0 Å². The quantitative estimate of drug-likeness (QED) is 0.536. The molecule has 0 radical (unpaired) electrons. The number of benzene rings is 2. The average Bonchev–Trinajstić information content (AvgIpc) is 3.08. The van der Waals surface area contributed by atoms with E-state index in [1.807, 2.05) is 5.38 Å². The summed E-state index contributed by atoms with van der Waals surface area (Å²) in [4.78, 5) is 20.6. The van der Waals surface area contributed by atoms with Crippen LogP contribution in [-0.2, 0) is 0 Å². The lowest BCUT2D eigenvalue weighted by Crippen LogP contribution is -1.99. The lowest BCUT2D eigenvalue weighted by Gasteiger charge is -2.09. The molecule has 0 spiro atoms. The van der Waals surface area contributed by atoms with E-state index in [1.54, 1.807) is 30.3 Å². The predicted octanol–water partition coefficient (Wildman–Crippen LogP) is 4.94. The number of fused-ring (bicyclic) bond motifs is 1. The van der Waals surface area contributed by atoms with Gasteiger partial charge in [-0.3, -0.25) is 0 Å². The summed E-state index contributed by atoms with van der Waals surface area (Å²) in [6.07, 6.45) is 1.46. The topological polar surface area (TPSA) is 75.1 Å². The van der Waals surface area contributed by atoms with Crippen molar-refractivity contribution < 1.29 is 14.3 Å². The standard InChI is InChI=1S/C19H12FN3O2S/c20-13-6-4-11(5-7-13)15-9-26-18-16(15)17(21-10-22-18)23-14-3-1-2-12(8-14)19(24)25/h1-10H,(H,24,25)(H,21,22,23). The minimum Gasteiger partial charge on any atom is -0.478 e. The number of nitrogens with zero attached hydrogens (tertiary/aromatic N) is 2. The van der Waals surface area contributed by atoms with Crippen molar-refractivity contribution in [2.75, 3.05) is 5.32 Å². The summed E-state index contributed by atoms with van der Waals surface area (Å²) in [6, 6.07) is 12.7. The molecule has 0 aliphatic heterocycles. The summed E-state index contributed by atoms with van der Waals surface area (Å²) in [7, 11) is 0. The van der Waals surface area contributed by atoms with Crippen molar-refractivity contribution in [1.82, 2.24) is 9.97 Å². The molecule has 0 bridgehead atoms. The van der Waals surface area contributed by atoms with Crippen molar-refractivity contribution in [3.05, 3.63) is 71.6 Å². The number of hydrogen-bond donors (Lipinski definition) is 2. The molecule has 2 N–H and O–H groups in total. The first-order valence-corrected chi connectivity index (χ1v) is 8.58. The third kappa shape index (κ3) is 3.00. The Morgan fingerprint density at radius 2 is 1.92 bits per heavy atom. The van der Waals surface area contributed by atoms with Gasteiger partial charge in [-0.2, -0.15) is 0 Å². The van der Waals surface area contributed by atoms with Gasteiger partial charge in [-0.1, -0.05) is 18.2 Å². The minimum atomic E-state index is -0.996. The summed E-state index contributed by atoms with van der Waals surface area (Å²) in [6.45, 7) is 0. The van der Waals surface area contributed by atoms with Gasteiger partial charge in [0.05, 0.1) is 10.9 Å². The number of nitrogens with one attached hydrogen (secondary N) is 1. The fourth-order valence-corrected chi connectivity index (χ4v) is 3.59. The summed E-state index contributed by atoms with van der Waals surface area (Å²) in [5, 5.41) is 15.1. The highest BCUT2D eigenvalue weighted by Crippen LogP contribution is 2.37. The molecule has 0 atom stereocenters. The van der Waals surface area contributed by atoms with Crippen molar-refractivity contribution in [3.8, 4) is 11.1 Å². The van der Waals surface area contributed by atoms with Crippen LogP contribution in [0.15, 0.2) is 60.2 Å². The maximum absolute atomic E-state index is 13.2. The normalized spacial score (nSPS) is 10.8. The van der Waals surface area contributed by atoms with Gasteiger partial charge in [0.1, 0.15) is 22.8 Å². The highest BCUT2D eigenvalue weighted by Gasteiger charge is 2.14. The Balaban J connectivity index is 1.80. The zero-order valence-corrected chi connectivity index (χ0v) is 14.1. The van der Waals surface area contributed by atoms with Crippen LogP contribution in [0.5, 0.6) is 0 Å². The van der Waals surface area contributed by atoms with E-state index in [4.69, 9.17) is 5.11 Å². The van der Waals surface area contributed by atoms with E-state index < -0.39 is 5.97 Å². The minimum absolute atomic E-state index is 0.185. The number of hydrogen-bond acceptors (Lipinski definition) is 5. The summed E-state index contributed by atoms with van der Waals surface area (Å²) < 4.78 is 13.2. The van der Waals surface area contributed by atoms with Gasteiger partial charge in [0.15, 0.2) is 0 Å². The fourth-order valence-electron chi connectivity index (χ4n) is 2.68. The number of carbonyl (C=O) groups is 1. The van der Waals surface area contributed by atoms with Crippen LogP contribution in [-0.4, -0.2) is 21.0 Å². The molecular formula is C19H12FN3O2S. The highest BCUT2D eigenvalue weighted by atomic mass is 32.1. The van der Waals surface area contributed by atoms with E-state index in [1.165, 1.54) is 35.9 Å². The molecule has 5 nitrogen and oxygen atoms in total. The van der Waals surface area contributed by atoms with Crippen LogP contribution in [0.25, 0.3) is 21.3 Å². The number of anilines is 2. The van der Waals surface area contributed by atoms with Crippen molar-refractivity contribution in [2.45, 2.75) is 0 Å². The van der Waals surface area contributed by atoms with Gasteiger partial charge in [0, 0.05) is 16.6 Å². The number of thiophene rings is 1. The molecule has 0 aliphatic rings. The Hall–Kier alpha value is -3.32. The van der Waals surface area contributed by atoms with E-state index in [0.29, 0.717) is 11.5 Å². The predicted molar refractivity (Wildman–Crippen MR) is 99.5 cm³/mol. The monoisotopic (exact) mass is 365 g/mol. The van der Waals surface area contributed by atoms with Crippen LogP contribution in [0.1, 0.15) is 10.4 Å². The van der Waals surface area contributed by atoms with E-state index >= 15 is 0 Å². The van der Waals surface area contributed by atoms with Crippen LogP contribution in [0, 0.1) is 5.82 Å². The van der Waals surface area contributed by atoms with Gasteiger partial charge in [-0.05, 0) is 35.9 Å². The number of rotatable bonds is 4. The number of aromatic carboxylic acids is 1. The Kier molecular flexibility index (Phi) is 4.06. The van der Waals surface area contributed by atoms with Gasteiger partial charge in [-0.25, -0.2) is 19.2 Å². The first-order valence-electron chi connectivity index (χ1n) is 7.70. The van der Waals surface area contributed by atoms with Crippen molar-refractivity contribution >= 4 is 39.0 Å². The molecule has 26 heavy (non-hydrogen) atoms. The second kappa shape index (κ2) is 6.53. The van der Waals surface area contributed by atoms with Crippen LogP contribution in [0.3, 0.4) is 0 Å². The van der Waals surface area contributed by atoms with Crippen molar-refractivity contribution in [3.63, 3.8) is 0 Å². The number of carboxylic acid groups (broad SMARTS) is 1. The maximum atomic E-state index is 13.2. The van der Waals surface area contributed by atoms with Crippen LogP contribution in [0.2, 0.25) is 0 Å². The number of aromatic nitrogens is 2. The molecular weight excluding hydrogens is 353 g/mol. The lowest BCUT2D eigenvalue weighted by atomic mass is 10.1. The van der Waals surface area contributed by atoms with E-state index in [9.17, 15) is 9.18 Å². The van der Waals surface area contributed by atoms with Gasteiger partial charge in [0.2, 0.25) is 0 Å². The Morgan fingerprint density at radius 3 is 2.69 bits per heavy atom. The van der Waals surface area contributed by atoms with E-state index in [0.717, 1.165) is 21.3 Å².